The zero-order valence-electron chi connectivity index (χ0n) is 12.2. The van der Waals surface area contributed by atoms with E-state index in [9.17, 15) is 0 Å². The number of hydrogen-bond acceptors (Lipinski definition) is 6. The summed E-state index contributed by atoms with van der Waals surface area (Å²) in [5, 5.41) is 2.87. The summed E-state index contributed by atoms with van der Waals surface area (Å²) in [6.07, 6.45) is 3.47. The Morgan fingerprint density at radius 2 is 1.90 bits per heavy atom. The molecule has 1 heterocycles. The molecule has 110 valence electrons. The second-order valence-corrected chi connectivity index (χ2v) is 4.79. The van der Waals surface area contributed by atoms with Gasteiger partial charge in [-0.15, -0.1) is 4.98 Å². The molecule has 0 fully saturated rings. The second-order valence-electron chi connectivity index (χ2n) is 4.79. The van der Waals surface area contributed by atoms with E-state index in [0.29, 0.717) is 12.6 Å². The van der Waals surface area contributed by atoms with Crippen LogP contribution in [-0.4, -0.2) is 28.6 Å². The van der Waals surface area contributed by atoms with Crippen molar-refractivity contribution >= 4 is 5.95 Å². The fourth-order valence-electron chi connectivity index (χ4n) is 2.41. The lowest BCUT2D eigenvalue weighted by Crippen LogP contribution is -2.05. The van der Waals surface area contributed by atoms with Crippen LogP contribution in [0.1, 0.15) is 24.5 Å². The van der Waals surface area contributed by atoms with E-state index in [0.717, 1.165) is 18.6 Å². The molecule has 1 N–H and O–H groups in total. The number of nitrogens with one attached hydrogen (secondary N) is 1. The van der Waals surface area contributed by atoms with E-state index >= 15 is 0 Å². The van der Waals surface area contributed by atoms with Crippen LogP contribution >= 0.6 is 0 Å². The molecule has 1 aromatic heterocycles. The van der Waals surface area contributed by atoms with Crippen LogP contribution in [0.5, 0.6) is 17.8 Å². The highest BCUT2D eigenvalue weighted by atomic mass is 16.5. The van der Waals surface area contributed by atoms with Crippen LogP contribution in [0.25, 0.3) is 0 Å². The summed E-state index contributed by atoms with van der Waals surface area (Å²) >= 11 is 0. The molecular formula is C15H18N4O2. The Morgan fingerprint density at radius 3 is 2.71 bits per heavy atom. The van der Waals surface area contributed by atoms with Crippen molar-refractivity contribution in [3.8, 4) is 17.8 Å². The van der Waals surface area contributed by atoms with Gasteiger partial charge >= 0.3 is 12.0 Å². The van der Waals surface area contributed by atoms with Crippen molar-refractivity contribution in [2.45, 2.75) is 26.2 Å². The molecule has 21 heavy (non-hydrogen) atoms. The number of aryl methyl sites for hydroxylation is 2. The van der Waals surface area contributed by atoms with Crippen molar-refractivity contribution in [3.05, 3.63) is 29.3 Å². The Hall–Kier alpha value is -2.37. The zero-order chi connectivity index (χ0) is 14.7. The largest absolute Gasteiger partial charge is 0.464 e. The van der Waals surface area contributed by atoms with E-state index in [2.05, 4.69) is 32.4 Å². The fourth-order valence-corrected chi connectivity index (χ4v) is 2.41. The molecule has 0 radical (unpaired) electrons. The molecule has 0 aliphatic heterocycles. The van der Waals surface area contributed by atoms with Gasteiger partial charge in [-0.2, -0.15) is 9.97 Å². The summed E-state index contributed by atoms with van der Waals surface area (Å²) in [4.78, 5) is 12.4. The van der Waals surface area contributed by atoms with Crippen LogP contribution in [0.15, 0.2) is 18.2 Å². The number of benzene rings is 1. The first-order valence-corrected chi connectivity index (χ1v) is 7.14. The molecule has 0 spiro atoms. The van der Waals surface area contributed by atoms with Crippen molar-refractivity contribution in [1.29, 1.82) is 0 Å². The summed E-state index contributed by atoms with van der Waals surface area (Å²) in [6, 6.07) is 6.61. The van der Waals surface area contributed by atoms with E-state index in [-0.39, 0.29) is 12.0 Å². The standard InChI is InChI=1S/C15H18N4O2/c1-3-20-14-17-13(16-2)18-15(19-14)21-12-8-7-10-5-4-6-11(10)9-12/h7-9H,3-6H2,1-2H3,(H,16,17,18,19). The SMILES string of the molecule is CCOc1nc(NC)nc(Oc2ccc3c(c2)CCC3)n1. The zero-order valence-corrected chi connectivity index (χ0v) is 12.2. The molecule has 0 saturated carbocycles. The number of aromatic nitrogens is 3. The van der Waals surface area contributed by atoms with Crippen molar-refractivity contribution in [1.82, 2.24) is 15.0 Å². The van der Waals surface area contributed by atoms with Gasteiger partial charge in [-0.1, -0.05) is 6.07 Å². The minimum absolute atomic E-state index is 0.232. The molecular weight excluding hydrogens is 268 g/mol. The molecule has 3 rings (SSSR count). The minimum Gasteiger partial charge on any atom is -0.464 e. The van der Waals surface area contributed by atoms with Crippen LogP contribution in [0.3, 0.4) is 0 Å². The van der Waals surface area contributed by atoms with E-state index in [1.807, 2.05) is 13.0 Å². The molecule has 1 aliphatic carbocycles. The molecule has 0 bridgehead atoms. The average molecular weight is 286 g/mol. The molecule has 1 aliphatic rings. The van der Waals surface area contributed by atoms with Crippen molar-refractivity contribution in [2.75, 3.05) is 19.0 Å². The second kappa shape index (κ2) is 5.95. The van der Waals surface area contributed by atoms with Crippen molar-refractivity contribution in [2.24, 2.45) is 0 Å². The summed E-state index contributed by atoms with van der Waals surface area (Å²) in [7, 11) is 1.74. The molecule has 2 aromatic rings. The summed E-state index contributed by atoms with van der Waals surface area (Å²) in [6.45, 7) is 2.37. The number of rotatable bonds is 5. The Labute approximate surface area is 123 Å². The van der Waals surface area contributed by atoms with E-state index in [1.54, 1.807) is 7.05 Å². The highest BCUT2D eigenvalue weighted by Crippen LogP contribution is 2.28. The van der Waals surface area contributed by atoms with Gasteiger partial charge in [-0.05, 0) is 49.4 Å². The van der Waals surface area contributed by atoms with Crippen molar-refractivity contribution in [3.63, 3.8) is 0 Å². The number of fused-ring (bicyclic) bond motifs is 1. The van der Waals surface area contributed by atoms with Gasteiger partial charge in [-0.25, -0.2) is 0 Å². The predicted octanol–water partition coefficient (Wildman–Crippen LogP) is 2.59. The third-order valence-corrected chi connectivity index (χ3v) is 3.37. The lowest BCUT2D eigenvalue weighted by atomic mass is 10.1. The smallest absolute Gasteiger partial charge is 0.330 e. The summed E-state index contributed by atoms with van der Waals surface area (Å²) in [5.74, 6) is 1.16. The maximum atomic E-state index is 5.75. The van der Waals surface area contributed by atoms with Crippen LogP contribution < -0.4 is 14.8 Å². The monoisotopic (exact) mass is 286 g/mol. The summed E-state index contributed by atoms with van der Waals surface area (Å²) < 4.78 is 11.1. The van der Waals surface area contributed by atoms with Gasteiger partial charge < -0.3 is 14.8 Å². The predicted molar refractivity (Wildman–Crippen MR) is 79.1 cm³/mol. The van der Waals surface area contributed by atoms with Gasteiger partial charge in [0.05, 0.1) is 6.61 Å². The Morgan fingerprint density at radius 1 is 1.10 bits per heavy atom. The van der Waals surface area contributed by atoms with Gasteiger partial charge in [0.25, 0.3) is 0 Å². The first-order valence-electron chi connectivity index (χ1n) is 7.14. The van der Waals surface area contributed by atoms with E-state index in [1.165, 1.54) is 17.5 Å². The molecule has 1 aromatic carbocycles. The first kappa shape index (κ1) is 13.6. The third-order valence-electron chi connectivity index (χ3n) is 3.37. The van der Waals surface area contributed by atoms with Gasteiger partial charge in [0.1, 0.15) is 5.75 Å². The number of ether oxygens (including phenoxy) is 2. The molecule has 6 heteroatoms. The fraction of sp³-hybridized carbons (Fsp3) is 0.400. The maximum Gasteiger partial charge on any atom is 0.330 e. The van der Waals surface area contributed by atoms with Crippen molar-refractivity contribution < 1.29 is 9.47 Å². The highest BCUT2D eigenvalue weighted by molar-refractivity contribution is 5.39. The third kappa shape index (κ3) is 3.04. The van der Waals surface area contributed by atoms with Gasteiger partial charge in [0.15, 0.2) is 0 Å². The molecule has 0 unspecified atom stereocenters. The lowest BCUT2D eigenvalue weighted by molar-refractivity contribution is 0.304. The Kier molecular flexibility index (Phi) is 3.85. The van der Waals surface area contributed by atoms with Gasteiger partial charge in [0, 0.05) is 7.05 Å². The highest BCUT2D eigenvalue weighted by Gasteiger charge is 2.13. The number of hydrogen-bond donors (Lipinski definition) is 1. The average Bonchev–Trinajstić information content (AvgIpc) is 2.95. The topological polar surface area (TPSA) is 69.2 Å². The Balaban J connectivity index is 1.85. The minimum atomic E-state index is 0.232. The van der Waals surface area contributed by atoms with E-state index in [4.69, 9.17) is 9.47 Å². The molecule has 0 atom stereocenters. The normalized spacial score (nSPS) is 12.9. The van der Waals surface area contributed by atoms with E-state index < -0.39 is 0 Å². The molecule has 0 amide bonds. The van der Waals surface area contributed by atoms with Gasteiger partial charge in [-0.3, -0.25) is 0 Å². The summed E-state index contributed by atoms with van der Waals surface area (Å²) in [5.41, 5.74) is 2.75. The van der Waals surface area contributed by atoms with Crippen LogP contribution in [0.2, 0.25) is 0 Å². The van der Waals surface area contributed by atoms with Crippen LogP contribution in [0, 0.1) is 0 Å². The number of anilines is 1. The first-order chi connectivity index (χ1) is 10.3. The quantitative estimate of drug-likeness (QED) is 0.911. The molecule has 6 nitrogen and oxygen atoms in total. The lowest BCUT2D eigenvalue weighted by Gasteiger charge is -2.08. The van der Waals surface area contributed by atoms with Crippen LogP contribution in [0.4, 0.5) is 5.95 Å². The Bertz CT molecular complexity index is 646. The van der Waals surface area contributed by atoms with Gasteiger partial charge in [0.2, 0.25) is 5.95 Å². The number of nitrogens with zero attached hydrogens (tertiary/aromatic N) is 3. The molecule has 0 saturated heterocycles. The maximum absolute atomic E-state index is 5.75. The van der Waals surface area contributed by atoms with Crippen LogP contribution in [-0.2, 0) is 12.8 Å².